The van der Waals surface area contributed by atoms with Gasteiger partial charge in [0.2, 0.25) is 15.9 Å². The van der Waals surface area contributed by atoms with E-state index in [2.05, 4.69) is 5.32 Å². The lowest BCUT2D eigenvalue weighted by molar-refractivity contribution is -0.386. The van der Waals surface area contributed by atoms with Crippen molar-refractivity contribution in [2.75, 3.05) is 51.8 Å². The monoisotopic (exact) mass is 488 g/mol. The van der Waals surface area contributed by atoms with Gasteiger partial charge in [0.1, 0.15) is 0 Å². The standard InChI is InChI=1S/C17H20N4O9S2/c22-15(18-3-4-20-16(23)11-31-17(20)24)10-30-14-2-1-12(9-13(14)21(25)26)32(27,28)19-5-7-29-8-6-19/h1-2,9H,3-8,10-11H2,(H,18,22). The van der Waals surface area contributed by atoms with Crippen LogP contribution in [0.25, 0.3) is 0 Å². The number of imide groups is 1. The van der Waals surface area contributed by atoms with E-state index in [-0.39, 0.29) is 66.9 Å². The van der Waals surface area contributed by atoms with Crippen molar-refractivity contribution in [1.82, 2.24) is 14.5 Å². The molecule has 174 valence electrons. The van der Waals surface area contributed by atoms with Gasteiger partial charge in [0, 0.05) is 32.2 Å². The molecule has 2 saturated heterocycles. The Balaban J connectivity index is 1.60. The molecular formula is C17H20N4O9S2. The van der Waals surface area contributed by atoms with Crippen LogP contribution in [-0.2, 0) is 24.3 Å². The average molecular weight is 489 g/mol. The lowest BCUT2D eigenvalue weighted by atomic mass is 10.3. The average Bonchev–Trinajstić information content (AvgIpc) is 3.10. The summed E-state index contributed by atoms with van der Waals surface area (Å²) < 4.78 is 36.9. The van der Waals surface area contributed by atoms with Crippen LogP contribution in [0.5, 0.6) is 5.75 Å². The van der Waals surface area contributed by atoms with Gasteiger partial charge in [-0.3, -0.25) is 29.4 Å². The Bertz CT molecular complexity index is 1010. The molecule has 0 atom stereocenters. The summed E-state index contributed by atoms with van der Waals surface area (Å²) in [6.45, 7) is 0.174. The Kier molecular flexibility index (Phi) is 7.65. The Morgan fingerprint density at radius 1 is 1.28 bits per heavy atom. The first-order valence-corrected chi connectivity index (χ1v) is 11.9. The second-order valence-electron chi connectivity index (χ2n) is 6.64. The first-order chi connectivity index (χ1) is 15.2. The van der Waals surface area contributed by atoms with Gasteiger partial charge in [-0.2, -0.15) is 4.31 Å². The van der Waals surface area contributed by atoms with Crippen molar-refractivity contribution in [2.45, 2.75) is 4.90 Å². The lowest BCUT2D eigenvalue weighted by Gasteiger charge is -2.26. The molecule has 32 heavy (non-hydrogen) atoms. The van der Waals surface area contributed by atoms with E-state index in [1.165, 1.54) is 10.4 Å². The second kappa shape index (κ2) is 10.2. The maximum absolute atomic E-state index is 12.7. The second-order valence-corrected chi connectivity index (χ2v) is 9.51. The minimum atomic E-state index is -3.94. The summed E-state index contributed by atoms with van der Waals surface area (Å²) in [6, 6.07) is 3.19. The highest BCUT2D eigenvalue weighted by atomic mass is 32.2. The van der Waals surface area contributed by atoms with E-state index in [1.807, 2.05) is 0 Å². The predicted octanol–water partition coefficient (Wildman–Crippen LogP) is -0.194. The van der Waals surface area contributed by atoms with E-state index in [1.54, 1.807) is 0 Å². The van der Waals surface area contributed by atoms with Gasteiger partial charge in [-0.1, -0.05) is 11.8 Å². The minimum absolute atomic E-state index is 0.000935. The fourth-order valence-electron chi connectivity index (χ4n) is 2.96. The molecule has 3 amide bonds. The van der Waals surface area contributed by atoms with E-state index in [4.69, 9.17) is 9.47 Å². The topological polar surface area (TPSA) is 165 Å². The van der Waals surface area contributed by atoms with E-state index >= 15 is 0 Å². The Hall–Kier alpha value is -2.75. The normalized spacial score (nSPS) is 17.4. The van der Waals surface area contributed by atoms with Crippen LogP contribution >= 0.6 is 11.8 Å². The number of nitro groups is 1. The van der Waals surface area contributed by atoms with Crippen LogP contribution in [0.2, 0.25) is 0 Å². The number of ether oxygens (including phenoxy) is 2. The molecule has 0 bridgehead atoms. The van der Waals surface area contributed by atoms with Crippen LogP contribution < -0.4 is 10.1 Å². The number of nitrogens with zero attached hydrogens (tertiary/aromatic N) is 3. The predicted molar refractivity (Wildman–Crippen MR) is 111 cm³/mol. The fraction of sp³-hybridized carbons (Fsp3) is 0.471. The van der Waals surface area contributed by atoms with Gasteiger partial charge in [0.15, 0.2) is 12.4 Å². The zero-order valence-corrected chi connectivity index (χ0v) is 18.4. The quantitative estimate of drug-likeness (QED) is 0.363. The van der Waals surface area contributed by atoms with Crippen molar-refractivity contribution >= 4 is 44.5 Å². The largest absolute Gasteiger partial charge is 0.477 e. The number of hydrogen-bond donors (Lipinski definition) is 1. The van der Waals surface area contributed by atoms with Crippen molar-refractivity contribution in [3.63, 3.8) is 0 Å². The number of sulfonamides is 1. The maximum atomic E-state index is 12.7. The molecule has 2 heterocycles. The fourth-order valence-corrected chi connectivity index (χ4v) is 5.14. The highest BCUT2D eigenvalue weighted by Gasteiger charge is 2.30. The number of rotatable bonds is 9. The van der Waals surface area contributed by atoms with Gasteiger partial charge in [-0.05, 0) is 12.1 Å². The Morgan fingerprint density at radius 2 is 2.00 bits per heavy atom. The number of nitro benzene ring substituents is 1. The molecule has 0 spiro atoms. The number of morpholine rings is 1. The molecule has 15 heteroatoms. The summed E-state index contributed by atoms with van der Waals surface area (Å²) in [4.78, 5) is 46.3. The summed E-state index contributed by atoms with van der Waals surface area (Å²) in [5, 5.41) is 13.5. The summed E-state index contributed by atoms with van der Waals surface area (Å²) in [5.74, 6) is -1.17. The molecule has 0 radical (unpaired) electrons. The molecule has 0 unspecified atom stereocenters. The number of carbonyl (C=O) groups excluding carboxylic acids is 3. The molecule has 1 aromatic carbocycles. The van der Waals surface area contributed by atoms with E-state index in [9.17, 15) is 32.9 Å². The molecule has 2 aliphatic rings. The molecule has 2 fully saturated rings. The number of thioether (sulfide) groups is 1. The maximum Gasteiger partial charge on any atom is 0.312 e. The Labute approximate surface area is 187 Å². The summed E-state index contributed by atoms with van der Waals surface area (Å²) in [7, 11) is -3.94. The van der Waals surface area contributed by atoms with Crippen molar-refractivity contribution in [3.8, 4) is 5.75 Å². The third kappa shape index (κ3) is 5.53. The van der Waals surface area contributed by atoms with E-state index < -0.39 is 33.1 Å². The van der Waals surface area contributed by atoms with Crippen molar-refractivity contribution in [1.29, 1.82) is 0 Å². The molecular weight excluding hydrogens is 468 g/mol. The molecule has 1 N–H and O–H groups in total. The van der Waals surface area contributed by atoms with Gasteiger partial charge in [-0.25, -0.2) is 8.42 Å². The lowest BCUT2D eigenvalue weighted by Crippen LogP contribution is -2.40. The Morgan fingerprint density at radius 3 is 2.62 bits per heavy atom. The van der Waals surface area contributed by atoms with Crippen LogP contribution in [0.4, 0.5) is 10.5 Å². The highest BCUT2D eigenvalue weighted by molar-refractivity contribution is 8.14. The number of hydrogen-bond acceptors (Lipinski definition) is 10. The van der Waals surface area contributed by atoms with Gasteiger partial charge in [-0.15, -0.1) is 0 Å². The first-order valence-electron chi connectivity index (χ1n) is 9.43. The third-order valence-corrected chi connectivity index (χ3v) is 7.35. The van der Waals surface area contributed by atoms with Gasteiger partial charge in [0.25, 0.3) is 11.1 Å². The molecule has 0 aliphatic carbocycles. The van der Waals surface area contributed by atoms with Crippen LogP contribution in [0.15, 0.2) is 23.1 Å². The van der Waals surface area contributed by atoms with Crippen molar-refractivity contribution < 1.29 is 37.2 Å². The molecule has 3 rings (SSSR count). The van der Waals surface area contributed by atoms with Gasteiger partial charge < -0.3 is 14.8 Å². The number of carbonyl (C=O) groups is 3. The minimum Gasteiger partial charge on any atom is -0.477 e. The zero-order valence-electron chi connectivity index (χ0n) is 16.7. The van der Waals surface area contributed by atoms with Gasteiger partial charge >= 0.3 is 5.69 Å². The van der Waals surface area contributed by atoms with Crippen molar-refractivity contribution in [2.24, 2.45) is 0 Å². The van der Waals surface area contributed by atoms with Crippen LogP contribution in [0.3, 0.4) is 0 Å². The van der Waals surface area contributed by atoms with Crippen molar-refractivity contribution in [3.05, 3.63) is 28.3 Å². The molecule has 2 aliphatic heterocycles. The summed E-state index contributed by atoms with van der Waals surface area (Å²) >= 11 is 0.880. The summed E-state index contributed by atoms with van der Waals surface area (Å²) in [5.41, 5.74) is -0.600. The van der Waals surface area contributed by atoms with Crippen LogP contribution in [0, 0.1) is 10.1 Å². The molecule has 0 aromatic heterocycles. The molecule has 0 saturated carbocycles. The molecule has 13 nitrogen and oxygen atoms in total. The number of amides is 3. The van der Waals surface area contributed by atoms with E-state index in [0.29, 0.717) is 0 Å². The first kappa shape index (κ1) is 23.9. The molecule has 1 aromatic rings. The highest BCUT2D eigenvalue weighted by Crippen LogP contribution is 2.31. The number of nitrogens with one attached hydrogen (secondary N) is 1. The van der Waals surface area contributed by atoms with E-state index in [0.717, 1.165) is 28.8 Å². The summed E-state index contributed by atoms with van der Waals surface area (Å²) in [6.07, 6.45) is 0. The van der Waals surface area contributed by atoms with Crippen LogP contribution in [-0.4, -0.2) is 91.4 Å². The van der Waals surface area contributed by atoms with Crippen LogP contribution in [0.1, 0.15) is 0 Å². The number of benzene rings is 1. The SMILES string of the molecule is O=C(COc1ccc(S(=O)(=O)N2CCOCC2)cc1[N+](=O)[O-])NCCN1C(=O)CSC1=O. The third-order valence-electron chi connectivity index (χ3n) is 4.59. The smallest absolute Gasteiger partial charge is 0.312 e. The van der Waals surface area contributed by atoms with Gasteiger partial charge in [0.05, 0.1) is 28.8 Å². The zero-order chi connectivity index (χ0) is 23.3.